The number of nitrogens with zero attached hydrogens (tertiary/aromatic N) is 1. The molecule has 0 spiro atoms. The Bertz CT molecular complexity index is 3280. The SMILES string of the molecule is c1ccc(-c2ccccc2-c2ccc3c(c2)[Si](c2ccccc2)(c2ccccc2)c2cc(-c4ccccc4-c4ccccc4)ccc2N3c2cccc3c2oc2ccccc23)cc1. The Kier molecular flexibility index (Phi) is 8.87. The van der Waals surface area contributed by atoms with Crippen molar-refractivity contribution in [3.63, 3.8) is 0 Å². The first kappa shape index (κ1) is 36.8. The molecule has 1 aromatic heterocycles. The molecule has 63 heavy (non-hydrogen) atoms. The maximum absolute atomic E-state index is 6.87. The van der Waals surface area contributed by atoms with Crippen molar-refractivity contribution >= 4 is 67.8 Å². The first-order valence-electron chi connectivity index (χ1n) is 21.7. The van der Waals surface area contributed by atoms with E-state index < -0.39 is 8.07 Å². The number of hydrogen-bond acceptors (Lipinski definition) is 2. The van der Waals surface area contributed by atoms with Crippen LogP contribution in [0, 0.1) is 0 Å². The van der Waals surface area contributed by atoms with Gasteiger partial charge in [-0.05, 0) is 89.5 Å². The highest BCUT2D eigenvalue weighted by Gasteiger charge is 2.49. The molecular formula is C60H41NOSi. The van der Waals surface area contributed by atoms with Gasteiger partial charge >= 0.3 is 0 Å². The molecule has 0 bridgehead atoms. The number of para-hydroxylation sites is 2. The van der Waals surface area contributed by atoms with E-state index in [1.54, 1.807) is 0 Å². The summed E-state index contributed by atoms with van der Waals surface area (Å²) in [6.45, 7) is 0. The molecular weight excluding hydrogens is 779 g/mol. The Morgan fingerprint density at radius 2 is 0.714 bits per heavy atom. The van der Waals surface area contributed by atoms with Gasteiger partial charge in [0.05, 0.1) is 5.69 Å². The second-order valence-electron chi connectivity index (χ2n) is 16.4. The quantitative estimate of drug-likeness (QED) is 0.149. The molecule has 0 saturated heterocycles. The molecule has 12 rings (SSSR count). The number of anilines is 3. The van der Waals surface area contributed by atoms with Crippen LogP contribution in [0.15, 0.2) is 253 Å². The number of hydrogen-bond donors (Lipinski definition) is 0. The summed E-state index contributed by atoms with van der Waals surface area (Å²) in [5.74, 6) is 0. The molecule has 0 unspecified atom stereocenters. The molecule has 3 heteroatoms. The highest BCUT2D eigenvalue weighted by Crippen LogP contribution is 2.46. The third-order valence-corrected chi connectivity index (χ3v) is 17.8. The molecule has 11 aromatic rings. The van der Waals surface area contributed by atoms with Crippen LogP contribution in [0.3, 0.4) is 0 Å². The summed E-state index contributed by atoms with van der Waals surface area (Å²) in [5.41, 5.74) is 14.7. The minimum atomic E-state index is -3.14. The van der Waals surface area contributed by atoms with E-state index in [1.165, 1.54) is 65.3 Å². The summed E-state index contributed by atoms with van der Waals surface area (Å²) in [6, 6.07) is 91.4. The predicted molar refractivity (Wildman–Crippen MR) is 267 cm³/mol. The molecule has 10 aromatic carbocycles. The van der Waals surface area contributed by atoms with Crippen molar-refractivity contribution in [3.05, 3.63) is 249 Å². The van der Waals surface area contributed by atoms with Crippen LogP contribution in [0.1, 0.15) is 0 Å². The van der Waals surface area contributed by atoms with E-state index in [1.807, 2.05) is 0 Å². The summed E-state index contributed by atoms with van der Waals surface area (Å²) >= 11 is 0. The summed E-state index contributed by atoms with van der Waals surface area (Å²) in [6.07, 6.45) is 0. The fraction of sp³-hybridized carbons (Fsp3) is 0. The number of rotatable bonds is 7. The van der Waals surface area contributed by atoms with Crippen molar-refractivity contribution in [1.82, 2.24) is 0 Å². The fourth-order valence-electron chi connectivity index (χ4n) is 10.2. The maximum Gasteiger partial charge on any atom is 0.184 e. The number of benzene rings is 10. The van der Waals surface area contributed by atoms with Crippen LogP contribution in [0.4, 0.5) is 17.1 Å². The van der Waals surface area contributed by atoms with Gasteiger partial charge in [0.2, 0.25) is 0 Å². The Balaban J connectivity index is 1.22. The molecule has 0 N–H and O–H groups in total. The molecule has 0 amide bonds. The van der Waals surface area contributed by atoms with Gasteiger partial charge < -0.3 is 9.32 Å². The van der Waals surface area contributed by atoms with Crippen LogP contribution in [-0.2, 0) is 0 Å². The van der Waals surface area contributed by atoms with Gasteiger partial charge in [0.25, 0.3) is 0 Å². The van der Waals surface area contributed by atoms with Gasteiger partial charge in [-0.15, -0.1) is 0 Å². The lowest BCUT2D eigenvalue weighted by Crippen LogP contribution is -2.77. The van der Waals surface area contributed by atoms with Crippen molar-refractivity contribution < 1.29 is 4.42 Å². The summed E-state index contributed by atoms with van der Waals surface area (Å²) < 4.78 is 6.87. The average molecular weight is 820 g/mol. The first-order chi connectivity index (χ1) is 31.3. The lowest BCUT2D eigenvalue weighted by molar-refractivity contribution is 0.669. The van der Waals surface area contributed by atoms with Gasteiger partial charge in [-0.3, -0.25) is 0 Å². The van der Waals surface area contributed by atoms with Crippen molar-refractivity contribution in [2.75, 3.05) is 4.90 Å². The summed E-state index contributed by atoms with van der Waals surface area (Å²) in [4.78, 5) is 2.49. The highest BCUT2D eigenvalue weighted by molar-refractivity contribution is 7.21. The number of fused-ring (bicyclic) bond motifs is 5. The Labute approximate surface area is 368 Å². The minimum absolute atomic E-state index is 0.876. The van der Waals surface area contributed by atoms with Gasteiger partial charge in [0.15, 0.2) is 13.7 Å². The maximum atomic E-state index is 6.87. The van der Waals surface area contributed by atoms with Crippen molar-refractivity contribution in [3.8, 4) is 44.5 Å². The van der Waals surface area contributed by atoms with Gasteiger partial charge in [-0.25, -0.2) is 0 Å². The zero-order chi connectivity index (χ0) is 41.7. The summed E-state index contributed by atoms with van der Waals surface area (Å²) in [5, 5.41) is 7.55. The molecule has 296 valence electrons. The van der Waals surface area contributed by atoms with E-state index in [2.05, 4.69) is 254 Å². The first-order valence-corrected chi connectivity index (χ1v) is 23.7. The van der Waals surface area contributed by atoms with Crippen LogP contribution in [0.2, 0.25) is 0 Å². The van der Waals surface area contributed by atoms with Crippen LogP contribution in [0.5, 0.6) is 0 Å². The van der Waals surface area contributed by atoms with E-state index >= 15 is 0 Å². The average Bonchev–Trinajstić information content (AvgIpc) is 3.76. The van der Waals surface area contributed by atoms with Gasteiger partial charge in [-0.2, -0.15) is 0 Å². The predicted octanol–water partition coefficient (Wildman–Crippen LogP) is 13.4. The normalized spacial score (nSPS) is 12.9. The zero-order valence-electron chi connectivity index (χ0n) is 34.5. The second-order valence-corrected chi connectivity index (χ2v) is 20.1. The van der Waals surface area contributed by atoms with Crippen LogP contribution in [-0.4, -0.2) is 8.07 Å². The molecule has 0 aliphatic carbocycles. The van der Waals surface area contributed by atoms with Gasteiger partial charge in [-0.1, -0.05) is 224 Å². The van der Waals surface area contributed by atoms with Crippen LogP contribution >= 0.6 is 0 Å². The molecule has 2 nitrogen and oxygen atoms in total. The minimum Gasteiger partial charge on any atom is -0.454 e. The molecule has 1 aliphatic rings. The molecule has 0 radical (unpaired) electrons. The van der Waals surface area contributed by atoms with Crippen molar-refractivity contribution in [2.45, 2.75) is 0 Å². The Morgan fingerprint density at radius 1 is 0.302 bits per heavy atom. The van der Waals surface area contributed by atoms with E-state index in [0.717, 1.165) is 39.0 Å². The Hall–Kier alpha value is -7.98. The largest absolute Gasteiger partial charge is 0.454 e. The Morgan fingerprint density at radius 3 is 1.22 bits per heavy atom. The van der Waals surface area contributed by atoms with Crippen LogP contribution in [0.25, 0.3) is 66.4 Å². The lowest BCUT2D eigenvalue weighted by Gasteiger charge is -2.45. The highest BCUT2D eigenvalue weighted by atomic mass is 28.3. The molecule has 0 atom stereocenters. The topological polar surface area (TPSA) is 16.4 Å². The van der Waals surface area contributed by atoms with E-state index in [-0.39, 0.29) is 0 Å². The van der Waals surface area contributed by atoms with Crippen molar-refractivity contribution in [2.24, 2.45) is 0 Å². The third kappa shape index (κ3) is 5.93. The monoisotopic (exact) mass is 819 g/mol. The molecule has 1 aliphatic heterocycles. The smallest absolute Gasteiger partial charge is 0.184 e. The molecule has 0 saturated carbocycles. The van der Waals surface area contributed by atoms with Crippen LogP contribution < -0.4 is 25.6 Å². The van der Waals surface area contributed by atoms with Crippen molar-refractivity contribution in [1.29, 1.82) is 0 Å². The molecule has 0 fully saturated rings. The number of furan rings is 1. The third-order valence-electron chi connectivity index (χ3n) is 13.0. The fourth-order valence-corrected chi connectivity index (χ4v) is 15.4. The van der Waals surface area contributed by atoms with Gasteiger partial charge in [0, 0.05) is 22.1 Å². The van der Waals surface area contributed by atoms with Gasteiger partial charge in [0.1, 0.15) is 5.58 Å². The van der Waals surface area contributed by atoms with E-state index in [9.17, 15) is 0 Å². The zero-order valence-corrected chi connectivity index (χ0v) is 35.5. The van der Waals surface area contributed by atoms with E-state index in [4.69, 9.17) is 4.42 Å². The lowest BCUT2D eigenvalue weighted by atomic mass is 9.94. The van der Waals surface area contributed by atoms with E-state index in [0.29, 0.717) is 0 Å². The second kappa shape index (κ2) is 15.2. The summed E-state index contributed by atoms with van der Waals surface area (Å²) in [7, 11) is -3.14. The molecule has 2 heterocycles. The standard InChI is InChI=1S/C60H41NOSi/c1-5-20-42(21-6-1)48-28-13-15-30-50(48)44-36-38-54-58(40-44)63(46-24-9-3-10-25-46,47-26-11-4-12-27-47)59-41-45(51-31-16-14-29-49(51)43-22-7-2-8-23-43)37-39-55(59)61(54)56-34-19-33-53-52-32-17-18-35-57(52)62-60(53)56/h1-41H.